The van der Waals surface area contributed by atoms with E-state index in [2.05, 4.69) is 9.88 Å². The molecule has 1 aromatic heterocycles. The highest BCUT2D eigenvalue weighted by atomic mass is 19.1. The van der Waals surface area contributed by atoms with Gasteiger partial charge in [-0.05, 0) is 73.7 Å². The molecule has 0 saturated heterocycles. The van der Waals surface area contributed by atoms with Crippen LogP contribution in [-0.4, -0.2) is 18.2 Å². The molecule has 0 aliphatic heterocycles. The first-order chi connectivity index (χ1) is 14.2. The van der Waals surface area contributed by atoms with Crippen LogP contribution in [0.3, 0.4) is 0 Å². The highest BCUT2D eigenvalue weighted by Gasteiger charge is 2.20. The molecule has 0 atom stereocenters. The zero-order valence-corrected chi connectivity index (χ0v) is 16.6. The van der Waals surface area contributed by atoms with Crippen molar-refractivity contribution in [3.8, 4) is 11.5 Å². The summed E-state index contributed by atoms with van der Waals surface area (Å²) in [4.78, 5) is 6.34. The second kappa shape index (κ2) is 8.95. The molecule has 29 heavy (non-hydrogen) atoms. The first kappa shape index (κ1) is 19.2. The molecule has 0 amide bonds. The van der Waals surface area contributed by atoms with E-state index >= 15 is 0 Å². The third kappa shape index (κ3) is 4.67. The van der Waals surface area contributed by atoms with Crippen LogP contribution in [0.4, 0.5) is 15.8 Å². The minimum atomic E-state index is -0.255. The molecule has 5 heteroatoms. The maximum absolute atomic E-state index is 13.5. The van der Waals surface area contributed by atoms with Gasteiger partial charge in [-0.25, -0.2) is 4.39 Å². The van der Waals surface area contributed by atoms with Crippen LogP contribution < -0.4 is 14.4 Å². The van der Waals surface area contributed by atoms with E-state index in [-0.39, 0.29) is 11.9 Å². The summed E-state index contributed by atoms with van der Waals surface area (Å²) in [6, 6.07) is 16.4. The van der Waals surface area contributed by atoms with Crippen molar-refractivity contribution < 1.29 is 13.9 Å². The number of nitrogens with zero attached hydrogens (tertiary/aromatic N) is 2. The van der Waals surface area contributed by atoms with E-state index < -0.39 is 0 Å². The van der Waals surface area contributed by atoms with E-state index in [1.54, 1.807) is 25.4 Å². The highest BCUT2D eigenvalue weighted by molar-refractivity contribution is 5.66. The Morgan fingerprint density at radius 3 is 2.45 bits per heavy atom. The molecule has 1 fully saturated rings. The molecule has 0 bridgehead atoms. The lowest BCUT2D eigenvalue weighted by atomic mass is 10.1. The number of hydrogen-bond acceptors (Lipinski definition) is 4. The molecule has 0 unspecified atom stereocenters. The molecule has 1 heterocycles. The maximum atomic E-state index is 13.5. The molecular weight excluding hydrogens is 367 g/mol. The van der Waals surface area contributed by atoms with Crippen LogP contribution in [0.2, 0.25) is 0 Å². The van der Waals surface area contributed by atoms with E-state index in [0.29, 0.717) is 6.54 Å². The Labute approximate surface area is 170 Å². The monoisotopic (exact) mass is 392 g/mol. The fourth-order valence-electron chi connectivity index (χ4n) is 3.74. The minimum Gasteiger partial charge on any atom is -0.493 e. The van der Waals surface area contributed by atoms with E-state index in [1.165, 1.54) is 25.0 Å². The van der Waals surface area contributed by atoms with Crippen molar-refractivity contribution in [1.82, 2.24) is 4.98 Å². The normalized spacial score (nSPS) is 14.0. The number of anilines is 2. The maximum Gasteiger partial charge on any atom is 0.163 e. The Hall–Kier alpha value is -3.08. The number of methoxy groups -OCH3 is 1. The Bertz CT molecular complexity index is 925. The van der Waals surface area contributed by atoms with Gasteiger partial charge in [0.05, 0.1) is 13.2 Å². The number of hydrogen-bond donors (Lipinski definition) is 0. The van der Waals surface area contributed by atoms with Crippen LogP contribution in [0.25, 0.3) is 0 Å². The molecule has 4 rings (SSSR count). The van der Waals surface area contributed by atoms with Gasteiger partial charge in [-0.15, -0.1) is 0 Å². The third-order valence-electron chi connectivity index (χ3n) is 5.26. The van der Waals surface area contributed by atoms with E-state index in [4.69, 9.17) is 9.47 Å². The van der Waals surface area contributed by atoms with Crippen LogP contribution in [0.5, 0.6) is 11.5 Å². The Balaban J connectivity index is 1.69. The Morgan fingerprint density at radius 2 is 1.76 bits per heavy atom. The van der Waals surface area contributed by atoms with Gasteiger partial charge in [-0.1, -0.05) is 6.07 Å². The summed E-state index contributed by atoms with van der Waals surface area (Å²) in [5, 5.41) is 0. The van der Waals surface area contributed by atoms with Crippen molar-refractivity contribution in [2.45, 2.75) is 38.3 Å². The second-order valence-electron chi connectivity index (χ2n) is 7.28. The number of aromatic nitrogens is 1. The van der Waals surface area contributed by atoms with Crippen molar-refractivity contribution in [3.63, 3.8) is 0 Å². The number of benzene rings is 2. The zero-order chi connectivity index (χ0) is 20.1. The third-order valence-corrected chi connectivity index (χ3v) is 5.26. The second-order valence-corrected chi connectivity index (χ2v) is 7.28. The van der Waals surface area contributed by atoms with Gasteiger partial charge in [0.15, 0.2) is 11.5 Å². The number of rotatable bonds is 7. The Morgan fingerprint density at radius 1 is 1.00 bits per heavy atom. The summed E-state index contributed by atoms with van der Waals surface area (Å²) < 4.78 is 25.3. The standard InChI is InChI=1S/C24H25FN2O2/c1-28-23-13-12-21(15-24(23)29-22-6-2-3-7-22)27(17-18-5-4-14-26-16-18)20-10-8-19(25)9-11-20/h4-5,8-16,22H,2-3,6-7,17H2,1H3. The van der Waals surface area contributed by atoms with Gasteiger partial charge in [-0.2, -0.15) is 0 Å². The van der Waals surface area contributed by atoms with Crippen molar-refractivity contribution in [2.75, 3.05) is 12.0 Å². The fraction of sp³-hybridized carbons (Fsp3) is 0.292. The molecule has 1 aliphatic carbocycles. The topological polar surface area (TPSA) is 34.6 Å². The molecule has 0 radical (unpaired) electrons. The molecular formula is C24H25FN2O2. The quantitative estimate of drug-likeness (QED) is 0.502. The van der Waals surface area contributed by atoms with Crippen molar-refractivity contribution in [3.05, 3.63) is 78.4 Å². The summed E-state index contributed by atoms with van der Waals surface area (Å²) in [6.07, 6.45) is 8.39. The summed E-state index contributed by atoms with van der Waals surface area (Å²) in [5.41, 5.74) is 2.91. The van der Waals surface area contributed by atoms with Gasteiger partial charge in [0.1, 0.15) is 5.82 Å². The highest BCUT2D eigenvalue weighted by Crippen LogP contribution is 2.37. The van der Waals surface area contributed by atoms with Gasteiger partial charge in [0, 0.05) is 36.4 Å². The van der Waals surface area contributed by atoms with Gasteiger partial charge in [0.2, 0.25) is 0 Å². The molecule has 0 N–H and O–H groups in total. The van der Waals surface area contributed by atoms with E-state index in [0.717, 1.165) is 41.3 Å². The van der Waals surface area contributed by atoms with Gasteiger partial charge >= 0.3 is 0 Å². The van der Waals surface area contributed by atoms with Crippen LogP contribution in [-0.2, 0) is 6.54 Å². The van der Waals surface area contributed by atoms with Crippen LogP contribution in [0.1, 0.15) is 31.2 Å². The smallest absolute Gasteiger partial charge is 0.163 e. The predicted octanol–water partition coefficient (Wildman–Crippen LogP) is 5.89. The van der Waals surface area contributed by atoms with Gasteiger partial charge < -0.3 is 14.4 Å². The number of halogens is 1. The van der Waals surface area contributed by atoms with Crippen LogP contribution in [0.15, 0.2) is 67.0 Å². The largest absolute Gasteiger partial charge is 0.493 e. The molecule has 1 saturated carbocycles. The lowest BCUT2D eigenvalue weighted by molar-refractivity contribution is 0.201. The van der Waals surface area contributed by atoms with E-state index in [9.17, 15) is 4.39 Å². The lowest BCUT2D eigenvalue weighted by Gasteiger charge is -2.26. The fourth-order valence-corrected chi connectivity index (χ4v) is 3.74. The number of pyridine rings is 1. The average molecular weight is 392 g/mol. The first-order valence-corrected chi connectivity index (χ1v) is 9.99. The summed E-state index contributed by atoms with van der Waals surface area (Å²) >= 11 is 0. The molecule has 1 aliphatic rings. The zero-order valence-electron chi connectivity index (χ0n) is 16.6. The SMILES string of the molecule is COc1ccc(N(Cc2cccnc2)c2ccc(F)cc2)cc1OC1CCCC1. The van der Waals surface area contributed by atoms with Crippen LogP contribution in [0, 0.1) is 5.82 Å². The van der Waals surface area contributed by atoms with E-state index in [1.807, 2.05) is 36.5 Å². The minimum absolute atomic E-state index is 0.233. The summed E-state index contributed by atoms with van der Waals surface area (Å²) in [6.45, 7) is 0.606. The van der Waals surface area contributed by atoms with Crippen molar-refractivity contribution in [1.29, 1.82) is 0 Å². The first-order valence-electron chi connectivity index (χ1n) is 9.99. The molecule has 0 spiro atoms. The predicted molar refractivity (Wildman–Crippen MR) is 112 cm³/mol. The summed E-state index contributed by atoms with van der Waals surface area (Å²) in [7, 11) is 1.66. The average Bonchev–Trinajstić information content (AvgIpc) is 3.27. The van der Waals surface area contributed by atoms with Gasteiger partial charge in [0.25, 0.3) is 0 Å². The van der Waals surface area contributed by atoms with Crippen LogP contribution >= 0.6 is 0 Å². The van der Waals surface area contributed by atoms with Crippen molar-refractivity contribution in [2.24, 2.45) is 0 Å². The van der Waals surface area contributed by atoms with Gasteiger partial charge in [-0.3, -0.25) is 4.98 Å². The lowest BCUT2D eigenvalue weighted by Crippen LogP contribution is -2.17. The molecule has 2 aromatic carbocycles. The van der Waals surface area contributed by atoms with Crippen molar-refractivity contribution >= 4 is 11.4 Å². The molecule has 150 valence electrons. The molecule has 4 nitrogen and oxygen atoms in total. The molecule has 3 aromatic rings. The summed E-state index contributed by atoms with van der Waals surface area (Å²) in [5.74, 6) is 1.21. The number of ether oxygens (including phenoxy) is 2. The Kier molecular flexibility index (Phi) is 5.94.